The first-order valence-corrected chi connectivity index (χ1v) is 12.1. The molecule has 0 spiro atoms. The van der Waals surface area contributed by atoms with Gasteiger partial charge in [0.2, 0.25) is 5.95 Å². The Morgan fingerprint density at radius 2 is 1.97 bits per heavy atom. The third kappa shape index (κ3) is 5.52. The molecule has 3 saturated heterocycles. The van der Waals surface area contributed by atoms with Crippen LogP contribution in [0.4, 0.5) is 17.6 Å². The van der Waals surface area contributed by atoms with E-state index in [-0.39, 0.29) is 6.10 Å². The Balaban J connectivity index is 1.51. The second-order valence-corrected chi connectivity index (χ2v) is 9.52. The first-order valence-electron chi connectivity index (χ1n) is 11.7. The summed E-state index contributed by atoms with van der Waals surface area (Å²) >= 11 is 5.53. The summed E-state index contributed by atoms with van der Waals surface area (Å²) in [6.07, 6.45) is 8.69. The molecule has 0 aliphatic carbocycles. The predicted octanol–water partition coefficient (Wildman–Crippen LogP) is 3.56. The fraction of sp³-hybridized carbons (Fsp3) is 0.773. The lowest BCUT2D eigenvalue weighted by molar-refractivity contribution is 0.114. The smallest absolute Gasteiger partial charge is 0.232 e. The summed E-state index contributed by atoms with van der Waals surface area (Å²) in [6, 6.07) is 2.67. The van der Waals surface area contributed by atoms with Crippen LogP contribution >= 0.6 is 12.2 Å². The lowest BCUT2D eigenvalue weighted by atomic mass is 10.0. The van der Waals surface area contributed by atoms with Crippen molar-refractivity contribution in [3.8, 4) is 0 Å². The molecule has 0 aromatic carbocycles. The summed E-state index contributed by atoms with van der Waals surface area (Å²) in [5.74, 6) is 3.29. The lowest BCUT2D eigenvalue weighted by Crippen LogP contribution is -2.39. The Kier molecular flexibility index (Phi) is 7.25. The number of piperidine rings is 2. The van der Waals surface area contributed by atoms with Crippen LogP contribution in [0.25, 0.3) is 0 Å². The number of aromatic nitrogens is 2. The van der Waals surface area contributed by atoms with Gasteiger partial charge < -0.3 is 25.2 Å². The molecule has 0 bridgehead atoms. The Morgan fingerprint density at radius 1 is 1.10 bits per heavy atom. The van der Waals surface area contributed by atoms with E-state index in [0.717, 1.165) is 57.3 Å². The molecule has 1 aromatic heterocycles. The van der Waals surface area contributed by atoms with Crippen molar-refractivity contribution in [2.24, 2.45) is 5.92 Å². The molecule has 4 heterocycles. The molecule has 3 atom stereocenters. The quantitative estimate of drug-likeness (QED) is 0.685. The average molecular weight is 433 g/mol. The van der Waals surface area contributed by atoms with Gasteiger partial charge >= 0.3 is 0 Å². The van der Waals surface area contributed by atoms with Crippen LogP contribution in [0.15, 0.2) is 6.07 Å². The molecule has 0 unspecified atom stereocenters. The van der Waals surface area contributed by atoms with Crippen LogP contribution in [0.2, 0.25) is 0 Å². The SMILES string of the molecule is C[C@@H]1CCCN(c2cc(N3CCCC[C@@H]3C)nc(NC(=S)NC[C@@H]3CCCO3)n2)C1. The minimum absolute atomic E-state index is 0.247. The highest BCUT2D eigenvalue weighted by molar-refractivity contribution is 7.80. The number of thiocarbonyl (C=S) groups is 1. The van der Waals surface area contributed by atoms with E-state index in [1.165, 1.54) is 32.1 Å². The van der Waals surface area contributed by atoms with E-state index < -0.39 is 0 Å². The molecular weight excluding hydrogens is 396 g/mol. The molecule has 0 radical (unpaired) electrons. The van der Waals surface area contributed by atoms with E-state index in [0.29, 0.717) is 23.0 Å². The molecule has 3 aliphatic rings. The molecule has 1 aromatic rings. The zero-order chi connectivity index (χ0) is 20.9. The van der Waals surface area contributed by atoms with Gasteiger partial charge in [0, 0.05) is 44.9 Å². The summed E-state index contributed by atoms with van der Waals surface area (Å²) in [6.45, 7) is 9.35. The molecule has 7 nitrogen and oxygen atoms in total. The van der Waals surface area contributed by atoms with E-state index in [1.54, 1.807) is 0 Å². The second-order valence-electron chi connectivity index (χ2n) is 9.11. The first kappa shape index (κ1) is 21.6. The van der Waals surface area contributed by atoms with Gasteiger partial charge in [-0.05, 0) is 70.0 Å². The van der Waals surface area contributed by atoms with E-state index in [4.69, 9.17) is 26.9 Å². The molecule has 8 heteroatoms. The second kappa shape index (κ2) is 10.1. The van der Waals surface area contributed by atoms with Crippen LogP contribution < -0.4 is 20.4 Å². The topological polar surface area (TPSA) is 65.5 Å². The van der Waals surface area contributed by atoms with Crippen molar-refractivity contribution in [1.29, 1.82) is 0 Å². The van der Waals surface area contributed by atoms with Gasteiger partial charge in [-0.15, -0.1) is 0 Å². The Morgan fingerprint density at radius 3 is 2.73 bits per heavy atom. The van der Waals surface area contributed by atoms with Crippen molar-refractivity contribution in [2.75, 3.05) is 47.9 Å². The maximum Gasteiger partial charge on any atom is 0.232 e. The van der Waals surface area contributed by atoms with E-state index in [9.17, 15) is 0 Å². The lowest BCUT2D eigenvalue weighted by Gasteiger charge is -2.36. The van der Waals surface area contributed by atoms with Gasteiger partial charge in [-0.3, -0.25) is 0 Å². The normalized spacial score (nSPS) is 27.2. The summed E-state index contributed by atoms with van der Waals surface area (Å²) < 4.78 is 5.68. The van der Waals surface area contributed by atoms with Gasteiger partial charge in [0.15, 0.2) is 5.11 Å². The van der Waals surface area contributed by atoms with Gasteiger partial charge in [-0.25, -0.2) is 0 Å². The predicted molar refractivity (Wildman–Crippen MR) is 126 cm³/mol. The van der Waals surface area contributed by atoms with Gasteiger partial charge in [0.1, 0.15) is 11.6 Å². The van der Waals surface area contributed by atoms with Crippen LogP contribution in [0.3, 0.4) is 0 Å². The molecule has 0 saturated carbocycles. The van der Waals surface area contributed by atoms with E-state index in [1.807, 2.05) is 0 Å². The third-order valence-corrected chi connectivity index (χ3v) is 6.76. The highest BCUT2D eigenvalue weighted by Crippen LogP contribution is 2.29. The monoisotopic (exact) mass is 432 g/mol. The third-order valence-electron chi connectivity index (χ3n) is 6.52. The number of ether oxygens (including phenoxy) is 1. The maximum atomic E-state index is 5.68. The largest absolute Gasteiger partial charge is 0.376 e. The van der Waals surface area contributed by atoms with Crippen molar-refractivity contribution in [3.05, 3.63) is 6.07 Å². The maximum absolute atomic E-state index is 5.68. The number of anilines is 3. The van der Waals surface area contributed by atoms with Crippen LogP contribution in [0.5, 0.6) is 0 Å². The van der Waals surface area contributed by atoms with Gasteiger partial charge in [0.05, 0.1) is 6.10 Å². The Bertz CT molecular complexity index is 726. The van der Waals surface area contributed by atoms with Crippen LogP contribution in [-0.4, -0.2) is 60.0 Å². The molecule has 3 fully saturated rings. The number of hydrogen-bond donors (Lipinski definition) is 2. The molecule has 166 valence electrons. The molecule has 0 amide bonds. The molecule has 30 heavy (non-hydrogen) atoms. The zero-order valence-electron chi connectivity index (χ0n) is 18.4. The van der Waals surface area contributed by atoms with Crippen LogP contribution in [0, 0.1) is 5.92 Å². The number of hydrogen-bond acceptors (Lipinski definition) is 6. The van der Waals surface area contributed by atoms with Gasteiger partial charge in [-0.1, -0.05) is 6.92 Å². The molecule has 4 rings (SSSR count). The molecular formula is C22H36N6OS. The van der Waals surface area contributed by atoms with E-state index in [2.05, 4.69) is 40.3 Å². The minimum Gasteiger partial charge on any atom is -0.376 e. The molecule has 3 aliphatic heterocycles. The van der Waals surface area contributed by atoms with E-state index >= 15 is 0 Å². The minimum atomic E-state index is 0.247. The number of nitrogens with one attached hydrogen (secondary N) is 2. The average Bonchev–Trinajstić information content (AvgIpc) is 3.26. The fourth-order valence-electron chi connectivity index (χ4n) is 4.78. The van der Waals surface area contributed by atoms with Gasteiger partial charge in [-0.2, -0.15) is 9.97 Å². The standard InChI is InChI=1S/C22H36N6OS/c1-16-7-5-10-27(15-16)19-13-20(28-11-4-3-8-17(28)2)25-21(24-19)26-22(30)23-14-18-9-6-12-29-18/h13,16-18H,3-12,14-15H2,1-2H3,(H2,23,24,25,26,30)/t16-,17+,18+/m1/s1. The Hall–Kier alpha value is -1.67. The molecule has 2 N–H and O–H groups in total. The highest BCUT2D eigenvalue weighted by Gasteiger charge is 2.24. The first-order chi connectivity index (χ1) is 14.6. The summed E-state index contributed by atoms with van der Waals surface area (Å²) in [4.78, 5) is 14.5. The van der Waals surface area contributed by atoms with Crippen molar-refractivity contribution in [1.82, 2.24) is 15.3 Å². The number of nitrogens with zero attached hydrogens (tertiary/aromatic N) is 4. The van der Waals surface area contributed by atoms with Crippen LogP contribution in [-0.2, 0) is 4.74 Å². The summed E-state index contributed by atoms with van der Waals surface area (Å²) in [5.41, 5.74) is 0. The van der Waals surface area contributed by atoms with Crippen molar-refractivity contribution < 1.29 is 4.74 Å². The van der Waals surface area contributed by atoms with Gasteiger partial charge in [0.25, 0.3) is 0 Å². The zero-order valence-corrected chi connectivity index (χ0v) is 19.2. The fourth-order valence-corrected chi connectivity index (χ4v) is 4.96. The van der Waals surface area contributed by atoms with Crippen molar-refractivity contribution in [3.63, 3.8) is 0 Å². The highest BCUT2D eigenvalue weighted by atomic mass is 32.1. The van der Waals surface area contributed by atoms with Crippen molar-refractivity contribution >= 4 is 34.9 Å². The van der Waals surface area contributed by atoms with Crippen LogP contribution in [0.1, 0.15) is 58.8 Å². The van der Waals surface area contributed by atoms with Crippen molar-refractivity contribution in [2.45, 2.75) is 70.9 Å². The summed E-state index contributed by atoms with van der Waals surface area (Å²) in [5, 5.41) is 7.08. The Labute approximate surface area is 186 Å². The number of rotatable bonds is 5. The summed E-state index contributed by atoms with van der Waals surface area (Å²) in [7, 11) is 0.